The van der Waals surface area contributed by atoms with Crippen LogP contribution >= 0.6 is 15.9 Å². The van der Waals surface area contributed by atoms with Gasteiger partial charge in [-0.15, -0.1) is 0 Å². The standard InChI is InChI=1S/C13H18BrNO4/c1-16-9-6-8(14)12(17-2)11(13(9)18-3)10-7-15-4-5-19-10/h6,10,15H,4-5,7H2,1-3H3. The van der Waals surface area contributed by atoms with Crippen molar-refractivity contribution >= 4 is 15.9 Å². The highest BCUT2D eigenvalue weighted by atomic mass is 79.9. The average Bonchev–Trinajstić information content (AvgIpc) is 2.46. The molecule has 1 aromatic carbocycles. The summed E-state index contributed by atoms with van der Waals surface area (Å²) in [5.41, 5.74) is 0.864. The lowest BCUT2D eigenvalue weighted by atomic mass is 10.0. The van der Waals surface area contributed by atoms with E-state index in [9.17, 15) is 0 Å². The fourth-order valence-electron chi connectivity index (χ4n) is 2.22. The van der Waals surface area contributed by atoms with Crippen molar-refractivity contribution in [1.29, 1.82) is 0 Å². The molecule has 1 aliphatic heterocycles. The molecule has 0 spiro atoms. The zero-order valence-corrected chi connectivity index (χ0v) is 12.9. The first-order valence-corrected chi connectivity index (χ1v) is 6.82. The van der Waals surface area contributed by atoms with Gasteiger partial charge in [-0.2, -0.15) is 0 Å². The fraction of sp³-hybridized carbons (Fsp3) is 0.538. The molecule has 0 amide bonds. The molecule has 1 unspecified atom stereocenters. The molecule has 1 fully saturated rings. The van der Waals surface area contributed by atoms with Crippen molar-refractivity contribution in [2.24, 2.45) is 0 Å². The first kappa shape index (κ1) is 14.4. The zero-order chi connectivity index (χ0) is 13.8. The van der Waals surface area contributed by atoms with Gasteiger partial charge in [0.1, 0.15) is 11.9 Å². The SMILES string of the molecule is COc1cc(Br)c(OC)c(C2CNCCO2)c1OC. The van der Waals surface area contributed by atoms with Gasteiger partial charge in [-0.25, -0.2) is 0 Å². The highest BCUT2D eigenvalue weighted by Crippen LogP contribution is 2.46. The Morgan fingerprint density at radius 3 is 2.47 bits per heavy atom. The summed E-state index contributed by atoms with van der Waals surface area (Å²) in [6.45, 7) is 2.23. The smallest absolute Gasteiger partial charge is 0.170 e. The summed E-state index contributed by atoms with van der Waals surface area (Å²) in [4.78, 5) is 0. The van der Waals surface area contributed by atoms with E-state index in [4.69, 9.17) is 18.9 Å². The van der Waals surface area contributed by atoms with Gasteiger partial charge in [0.2, 0.25) is 0 Å². The van der Waals surface area contributed by atoms with Gasteiger partial charge in [0.25, 0.3) is 0 Å². The van der Waals surface area contributed by atoms with Gasteiger partial charge >= 0.3 is 0 Å². The van der Waals surface area contributed by atoms with Gasteiger partial charge in [0.15, 0.2) is 11.5 Å². The highest BCUT2D eigenvalue weighted by Gasteiger charge is 2.28. The van der Waals surface area contributed by atoms with Gasteiger partial charge in [-0.3, -0.25) is 0 Å². The number of halogens is 1. The van der Waals surface area contributed by atoms with E-state index in [0.717, 1.165) is 16.6 Å². The Kier molecular flexibility index (Phi) is 4.90. The van der Waals surface area contributed by atoms with Crippen LogP contribution in [-0.4, -0.2) is 41.0 Å². The molecule has 0 aliphatic carbocycles. The third kappa shape index (κ3) is 2.80. The van der Waals surface area contributed by atoms with E-state index >= 15 is 0 Å². The van der Waals surface area contributed by atoms with E-state index in [0.29, 0.717) is 30.4 Å². The molecule has 2 rings (SSSR count). The summed E-state index contributed by atoms with van der Waals surface area (Å²) in [5, 5.41) is 3.30. The molecule has 1 N–H and O–H groups in total. The maximum absolute atomic E-state index is 5.80. The van der Waals surface area contributed by atoms with Gasteiger partial charge in [-0.05, 0) is 15.9 Å². The quantitative estimate of drug-likeness (QED) is 0.915. The molecule has 5 nitrogen and oxygen atoms in total. The zero-order valence-electron chi connectivity index (χ0n) is 11.3. The van der Waals surface area contributed by atoms with Crippen LogP contribution in [0.4, 0.5) is 0 Å². The van der Waals surface area contributed by atoms with E-state index in [1.165, 1.54) is 0 Å². The van der Waals surface area contributed by atoms with Gasteiger partial charge < -0.3 is 24.3 Å². The Labute approximate surface area is 121 Å². The van der Waals surface area contributed by atoms with Gasteiger partial charge in [0.05, 0.1) is 38.0 Å². The second kappa shape index (κ2) is 6.45. The number of rotatable bonds is 4. The Morgan fingerprint density at radius 1 is 1.21 bits per heavy atom. The topological polar surface area (TPSA) is 49.0 Å². The molecule has 1 heterocycles. The van der Waals surface area contributed by atoms with Crippen molar-refractivity contribution < 1.29 is 18.9 Å². The van der Waals surface area contributed by atoms with Crippen molar-refractivity contribution in [2.75, 3.05) is 41.0 Å². The molecule has 1 saturated heterocycles. The van der Waals surface area contributed by atoms with E-state index in [1.807, 2.05) is 6.07 Å². The minimum absolute atomic E-state index is 0.120. The van der Waals surface area contributed by atoms with Crippen LogP contribution in [0, 0.1) is 0 Å². The van der Waals surface area contributed by atoms with Gasteiger partial charge in [-0.1, -0.05) is 0 Å². The first-order chi connectivity index (χ1) is 9.22. The van der Waals surface area contributed by atoms with Crippen molar-refractivity contribution in [3.05, 3.63) is 16.1 Å². The molecular formula is C13H18BrNO4. The molecule has 1 aromatic rings. The summed E-state index contributed by atoms with van der Waals surface area (Å²) >= 11 is 3.49. The lowest BCUT2D eigenvalue weighted by Gasteiger charge is -2.28. The summed E-state index contributed by atoms with van der Waals surface area (Å²) in [5.74, 6) is 2.02. The fourth-order valence-corrected chi connectivity index (χ4v) is 2.81. The molecule has 0 bridgehead atoms. The third-order valence-corrected chi connectivity index (χ3v) is 3.65. The minimum atomic E-state index is -0.120. The normalized spacial score (nSPS) is 19.1. The Hall–Kier alpha value is -0.980. The number of hydrogen-bond donors (Lipinski definition) is 1. The van der Waals surface area contributed by atoms with E-state index in [-0.39, 0.29) is 6.10 Å². The molecule has 1 aliphatic rings. The monoisotopic (exact) mass is 331 g/mol. The third-order valence-electron chi connectivity index (χ3n) is 3.07. The summed E-state index contributed by atoms with van der Waals surface area (Å²) < 4.78 is 22.9. The predicted octanol–water partition coefficient (Wildman–Crippen LogP) is 2.14. The van der Waals surface area contributed by atoms with E-state index in [2.05, 4.69) is 21.2 Å². The molecule has 1 atom stereocenters. The van der Waals surface area contributed by atoms with Crippen LogP contribution in [-0.2, 0) is 4.74 Å². The second-order valence-electron chi connectivity index (χ2n) is 4.10. The van der Waals surface area contributed by atoms with Crippen LogP contribution in [0.3, 0.4) is 0 Å². The molecule has 19 heavy (non-hydrogen) atoms. The molecule has 0 saturated carbocycles. The van der Waals surface area contributed by atoms with E-state index < -0.39 is 0 Å². The van der Waals surface area contributed by atoms with Crippen LogP contribution in [0.25, 0.3) is 0 Å². The molecule has 106 valence electrons. The largest absolute Gasteiger partial charge is 0.495 e. The number of ether oxygens (including phenoxy) is 4. The van der Waals surface area contributed by atoms with Crippen molar-refractivity contribution in [3.63, 3.8) is 0 Å². The second-order valence-corrected chi connectivity index (χ2v) is 4.96. The maximum atomic E-state index is 5.80. The number of hydrogen-bond acceptors (Lipinski definition) is 5. The lowest BCUT2D eigenvalue weighted by molar-refractivity contribution is 0.0245. The predicted molar refractivity (Wildman–Crippen MR) is 75.4 cm³/mol. The van der Waals surface area contributed by atoms with Gasteiger partial charge in [0, 0.05) is 19.2 Å². The summed E-state index contributed by atoms with van der Waals surface area (Å²) in [6.07, 6.45) is -0.120. The van der Waals surface area contributed by atoms with Crippen LogP contribution in [0.1, 0.15) is 11.7 Å². The maximum Gasteiger partial charge on any atom is 0.170 e. The Balaban J connectivity index is 2.55. The number of methoxy groups -OCH3 is 3. The Bertz CT molecular complexity index is 447. The minimum Gasteiger partial charge on any atom is -0.495 e. The lowest BCUT2D eigenvalue weighted by Crippen LogP contribution is -2.33. The van der Waals surface area contributed by atoms with Crippen LogP contribution in [0.15, 0.2) is 10.5 Å². The molecular weight excluding hydrogens is 314 g/mol. The van der Waals surface area contributed by atoms with Crippen molar-refractivity contribution in [2.45, 2.75) is 6.10 Å². The number of morpholine rings is 1. The average molecular weight is 332 g/mol. The van der Waals surface area contributed by atoms with Crippen molar-refractivity contribution in [1.82, 2.24) is 5.32 Å². The molecule has 0 aromatic heterocycles. The number of benzene rings is 1. The molecule has 0 radical (unpaired) electrons. The van der Waals surface area contributed by atoms with Crippen LogP contribution in [0.2, 0.25) is 0 Å². The van der Waals surface area contributed by atoms with Crippen LogP contribution in [0.5, 0.6) is 17.2 Å². The number of nitrogens with one attached hydrogen (secondary N) is 1. The molecule has 6 heteroatoms. The first-order valence-electron chi connectivity index (χ1n) is 6.03. The highest BCUT2D eigenvalue weighted by molar-refractivity contribution is 9.10. The Morgan fingerprint density at radius 2 is 1.95 bits per heavy atom. The summed E-state index contributed by atoms with van der Waals surface area (Å²) in [7, 11) is 4.86. The van der Waals surface area contributed by atoms with Crippen LogP contribution < -0.4 is 19.5 Å². The van der Waals surface area contributed by atoms with Crippen molar-refractivity contribution in [3.8, 4) is 17.2 Å². The van der Waals surface area contributed by atoms with E-state index in [1.54, 1.807) is 21.3 Å². The summed E-state index contributed by atoms with van der Waals surface area (Å²) in [6, 6.07) is 1.83.